The first-order valence-corrected chi connectivity index (χ1v) is 9.68. The van der Waals surface area contributed by atoms with E-state index in [-0.39, 0.29) is 0 Å². The molecule has 25 heavy (non-hydrogen) atoms. The van der Waals surface area contributed by atoms with Crippen molar-refractivity contribution in [1.82, 2.24) is 19.9 Å². The summed E-state index contributed by atoms with van der Waals surface area (Å²) >= 11 is 1.81. The molecule has 3 rings (SSSR count). The maximum absolute atomic E-state index is 4.62. The number of hydrogen-bond donors (Lipinski definition) is 0. The van der Waals surface area contributed by atoms with E-state index in [1.54, 1.807) is 0 Å². The van der Waals surface area contributed by atoms with Crippen molar-refractivity contribution < 1.29 is 0 Å². The first-order chi connectivity index (χ1) is 12.3. The van der Waals surface area contributed by atoms with E-state index in [1.807, 2.05) is 54.6 Å². The van der Waals surface area contributed by atoms with Crippen LogP contribution < -0.4 is 0 Å². The van der Waals surface area contributed by atoms with Crippen molar-refractivity contribution in [2.75, 3.05) is 6.26 Å². The van der Waals surface area contributed by atoms with Gasteiger partial charge in [-0.2, -0.15) is 11.8 Å². The van der Waals surface area contributed by atoms with Crippen LogP contribution in [0.2, 0.25) is 0 Å². The Morgan fingerprint density at radius 2 is 1.36 bits per heavy atom. The molecule has 0 fully saturated rings. The molecule has 128 valence electrons. The molecule has 3 aromatic rings. The Kier molecular flexibility index (Phi) is 6.54. The summed E-state index contributed by atoms with van der Waals surface area (Å²) in [6, 6.07) is 16.3. The lowest BCUT2D eigenvalue weighted by Gasteiger charge is -2.21. The molecular weight excluding hydrogens is 328 g/mol. The van der Waals surface area contributed by atoms with Crippen LogP contribution in [-0.4, -0.2) is 26.1 Å². The predicted molar refractivity (Wildman–Crippen MR) is 103 cm³/mol. The van der Waals surface area contributed by atoms with Gasteiger partial charge in [-0.1, -0.05) is 18.2 Å². The zero-order valence-electron chi connectivity index (χ0n) is 14.4. The third kappa shape index (κ3) is 5.66. The summed E-state index contributed by atoms with van der Waals surface area (Å²) in [6.45, 7) is 2.31. The van der Waals surface area contributed by atoms with Crippen LogP contribution >= 0.6 is 11.8 Å². The summed E-state index contributed by atoms with van der Waals surface area (Å²) in [7, 11) is 0. The number of thioether (sulfide) groups is 1. The van der Waals surface area contributed by atoms with Crippen molar-refractivity contribution in [2.24, 2.45) is 0 Å². The monoisotopic (exact) mass is 350 g/mol. The fourth-order valence-electron chi connectivity index (χ4n) is 2.64. The van der Waals surface area contributed by atoms with Crippen molar-refractivity contribution in [1.29, 1.82) is 0 Å². The van der Waals surface area contributed by atoms with Crippen molar-refractivity contribution in [3.63, 3.8) is 0 Å². The van der Waals surface area contributed by atoms with Gasteiger partial charge in [-0.25, -0.2) is 0 Å². The molecule has 5 heteroatoms. The van der Waals surface area contributed by atoms with E-state index in [2.05, 4.69) is 50.4 Å². The van der Waals surface area contributed by atoms with Crippen LogP contribution in [0.5, 0.6) is 0 Å². The van der Waals surface area contributed by atoms with Gasteiger partial charge in [0.25, 0.3) is 0 Å². The molecule has 0 N–H and O–H groups in total. The Bertz CT molecular complexity index is 706. The second-order valence-electron chi connectivity index (χ2n) is 5.88. The lowest BCUT2D eigenvalue weighted by atomic mass is 10.2. The van der Waals surface area contributed by atoms with E-state index in [9.17, 15) is 0 Å². The third-order valence-electron chi connectivity index (χ3n) is 3.81. The van der Waals surface area contributed by atoms with Crippen LogP contribution in [0.1, 0.15) is 22.6 Å². The van der Waals surface area contributed by atoms with Crippen LogP contribution in [0.15, 0.2) is 67.1 Å². The van der Waals surface area contributed by atoms with E-state index < -0.39 is 0 Å². The quantitative estimate of drug-likeness (QED) is 0.615. The maximum atomic E-state index is 4.62. The number of aromatic nitrogens is 3. The average Bonchev–Trinajstić information content (AvgIpc) is 2.65. The highest BCUT2D eigenvalue weighted by Gasteiger charge is 2.10. The SMILES string of the molecule is CSCc1ccc(CN(Cc2ccccn2)Cc2ccccn2)nc1. The van der Waals surface area contributed by atoms with E-state index in [0.717, 1.165) is 42.5 Å². The molecule has 0 aliphatic carbocycles. The predicted octanol–water partition coefficient (Wildman–Crippen LogP) is 3.94. The summed E-state index contributed by atoms with van der Waals surface area (Å²) in [6.07, 6.45) is 7.76. The molecular formula is C20H22N4S. The normalized spacial score (nSPS) is 11.0. The number of rotatable bonds is 8. The maximum Gasteiger partial charge on any atom is 0.0544 e. The Hall–Kier alpha value is -2.24. The minimum absolute atomic E-state index is 0.770. The van der Waals surface area contributed by atoms with Gasteiger partial charge in [-0.05, 0) is 42.2 Å². The molecule has 0 aliphatic rings. The summed E-state index contributed by atoms with van der Waals surface area (Å²) in [5.74, 6) is 0.999. The van der Waals surface area contributed by atoms with Gasteiger partial charge in [-0.15, -0.1) is 0 Å². The van der Waals surface area contributed by atoms with Crippen molar-refractivity contribution in [3.05, 3.63) is 89.8 Å². The van der Waals surface area contributed by atoms with Gasteiger partial charge < -0.3 is 0 Å². The third-order valence-corrected chi connectivity index (χ3v) is 4.43. The molecule has 0 atom stereocenters. The van der Waals surface area contributed by atoms with E-state index >= 15 is 0 Å². The highest BCUT2D eigenvalue weighted by Crippen LogP contribution is 2.13. The molecule has 0 saturated heterocycles. The lowest BCUT2D eigenvalue weighted by Crippen LogP contribution is -2.24. The van der Waals surface area contributed by atoms with Crippen LogP contribution in [0.25, 0.3) is 0 Å². The highest BCUT2D eigenvalue weighted by molar-refractivity contribution is 7.97. The number of pyridine rings is 3. The highest BCUT2D eigenvalue weighted by atomic mass is 32.2. The van der Waals surface area contributed by atoms with Gasteiger partial charge >= 0.3 is 0 Å². The second kappa shape index (κ2) is 9.30. The lowest BCUT2D eigenvalue weighted by molar-refractivity contribution is 0.239. The molecule has 0 radical (unpaired) electrons. The molecule has 0 saturated carbocycles. The molecule has 0 spiro atoms. The molecule has 0 aromatic carbocycles. The fourth-order valence-corrected chi connectivity index (χ4v) is 3.14. The van der Waals surface area contributed by atoms with Crippen molar-refractivity contribution in [2.45, 2.75) is 25.4 Å². The van der Waals surface area contributed by atoms with E-state index in [1.165, 1.54) is 5.56 Å². The van der Waals surface area contributed by atoms with Gasteiger partial charge in [0.15, 0.2) is 0 Å². The molecule has 0 bridgehead atoms. The summed E-state index contributed by atoms with van der Waals surface area (Å²) in [5.41, 5.74) is 4.43. The van der Waals surface area contributed by atoms with Crippen LogP contribution in [0, 0.1) is 0 Å². The fraction of sp³-hybridized carbons (Fsp3) is 0.250. The molecule has 3 heterocycles. The Labute approximate surface area is 153 Å². The molecule has 0 unspecified atom stereocenters. The second-order valence-corrected chi connectivity index (χ2v) is 6.74. The largest absolute Gasteiger partial charge is 0.286 e. The zero-order chi connectivity index (χ0) is 17.3. The van der Waals surface area contributed by atoms with Crippen LogP contribution in [0.3, 0.4) is 0 Å². The Balaban J connectivity index is 1.73. The molecule has 0 aliphatic heterocycles. The molecule has 4 nitrogen and oxygen atoms in total. The van der Waals surface area contributed by atoms with Gasteiger partial charge in [-0.3, -0.25) is 19.9 Å². The topological polar surface area (TPSA) is 41.9 Å². The first kappa shape index (κ1) is 17.6. The summed E-state index contributed by atoms with van der Waals surface area (Å²) in [4.78, 5) is 15.9. The van der Waals surface area contributed by atoms with Crippen LogP contribution in [-0.2, 0) is 25.4 Å². The number of hydrogen-bond acceptors (Lipinski definition) is 5. The Morgan fingerprint density at radius 3 is 1.80 bits per heavy atom. The van der Waals surface area contributed by atoms with Crippen LogP contribution in [0.4, 0.5) is 0 Å². The van der Waals surface area contributed by atoms with Gasteiger partial charge in [0.05, 0.1) is 17.1 Å². The van der Waals surface area contributed by atoms with E-state index in [0.29, 0.717) is 0 Å². The first-order valence-electron chi connectivity index (χ1n) is 8.28. The standard InChI is InChI=1S/C20H22N4S/c1-25-16-17-8-9-20(23-12-17)15-24(13-18-6-2-4-10-21-18)14-19-7-3-5-11-22-19/h2-12H,13-16H2,1H3. The van der Waals surface area contributed by atoms with Gasteiger partial charge in [0, 0.05) is 44.0 Å². The summed E-state index contributed by atoms with van der Waals surface area (Å²) in [5, 5.41) is 0. The zero-order valence-corrected chi connectivity index (χ0v) is 15.2. The van der Waals surface area contributed by atoms with E-state index in [4.69, 9.17) is 0 Å². The molecule has 3 aromatic heterocycles. The Morgan fingerprint density at radius 1 is 0.760 bits per heavy atom. The summed E-state index contributed by atoms with van der Waals surface area (Å²) < 4.78 is 0. The minimum Gasteiger partial charge on any atom is -0.286 e. The molecule has 0 amide bonds. The average molecular weight is 350 g/mol. The minimum atomic E-state index is 0.770. The van der Waals surface area contributed by atoms with Crippen molar-refractivity contribution >= 4 is 11.8 Å². The van der Waals surface area contributed by atoms with Gasteiger partial charge in [0.1, 0.15) is 0 Å². The smallest absolute Gasteiger partial charge is 0.0544 e. The van der Waals surface area contributed by atoms with Crippen molar-refractivity contribution in [3.8, 4) is 0 Å². The number of nitrogens with zero attached hydrogens (tertiary/aromatic N) is 4. The van der Waals surface area contributed by atoms with Gasteiger partial charge in [0.2, 0.25) is 0 Å².